The fraction of sp³-hybridized carbons (Fsp3) is 0.200. The Balaban J connectivity index is 2.14. The number of benzene rings is 2. The molecule has 1 amide bonds. The molecular formula is C20H20ClN3O. The smallest absolute Gasteiger partial charge is 0.263 e. The number of rotatable bonds is 6. The van der Waals surface area contributed by atoms with Gasteiger partial charge in [0, 0.05) is 30.0 Å². The molecule has 2 aromatic carbocycles. The van der Waals surface area contributed by atoms with E-state index in [0.29, 0.717) is 11.6 Å². The van der Waals surface area contributed by atoms with E-state index in [1.807, 2.05) is 67.3 Å². The van der Waals surface area contributed by atoms with E-state index in [-0.39, 0.29) is 12.1 Å². The van der Waals surface area contributed by atoms with Gasteiger partial charge in [-0.05, 0) is 43.2 Å². The molecule has 0 spiro atoms. The molecule has 1 N–H and O–H groups in total. The summed E-state index contributed by atoms with van der Waals surface area (Å²) in [6.45, 7) is 4.89. The zero-order valence-corrected chi connectivity index (χ0v) is 15.0. The molecule has 0 heterocycles. The van der Waals surface area contributed by atoms with E-state index in [2.05, 4.69) is 5.32 Å². The molecule has 5 heteroatoms. The average Bonchev–Trinajstić information content (AvgIpc) is 2.62. The lowest BCUT2D eigenvalue weighted by atomic mass is 10.2. The molecule has 0 atom stereocenters. The third-order valence-electron chi connectivity index (χ3n) is 3.72. The summed E-state index contributed by atoms with van der Waals surface area (Å²) in [5.74, 6) is -0.423. The van der Waals surface area contributed by atoms with E-state index in [9.17, 15) is 10.1 Å². The van der Waals surface area contributed by atoms with Crippen LogP contribution in [-0.4, -0.2) is 12.5 Å². The van der Waals surface area contributed by atoms with E-state index in [1.54, 1.807) is 12.3 Å². The SMILES string of the molecule is CCN(/C=C(/C#N)C(=O)NCc1ccccc1Cl)c1cccc(C)c1. The minimum absolute atomic E-state index is 0.0513. The van der Waals surface area contributed by atoms with Gasteiger partial charge in [-0.2, -0.15) is 5.26 Å². The van der Waals surface area contributed by atoms with Crippen LogP contribution < -0.4 is 10.2 Å². The molecule has 0 aliphatic carbocycles. The van der Waals surface area contributed by atoms with Crippen LogP contribution >= 0.6 is 11.6 Å². The van der Waals surface area contributed by atoms with Gasteiger partial charge in [-0.15, -0.1) is 0 Å². The highest BCUT2D eigenvalue weighted by Crippen LogP contribution is 2.17. The van der Waals surface area contributed by atoms with Crippen molar-refractivity contribution in [3.63, 3.8) is 0 Å². The number of carbonyl (C=O) groups is 1. The van der Waals surface area contributed by atoms with Gasteiger partial charge in [-0.1, -0.05) is 41.9 Å². The van der Waals surface area contributed by atoms with E-state index in [4.69, 9.17) is 11.6 Å². The highest BCUT2D eigenvalue weighted by atomic mass is 35.5. The van der Waals surface area contributed by atoms with Gasteiger partial charge >= 0.3 is 0 Å². The first kappa shape index (κ1) is 18.6. The van der Waals surface area contributed by atoms with Gasteiger partial charge < -0.3 is 10.2 Å². The third-order valence-corrected chi connectivity index (χ3v) is 4.09. The predicted molar refractivity (Wildman–Crippen MR) is 101 cm³/mol. The number of nitriles is 1. The van der Waals surface area contributed by atoms with Crippen molar-refractivity contribution in [2.75, 3.05) is 11.4 Å². The molecule has 0 aromatic heterocycles. The van der Waals surface area contributed by atoms with Crippen LogP contribution in [0.25, 0.3) is 0 Å². The van der Waals surface area contributed by atoms with Crippen molar-refractivity contribution in [2.24, 2.45) is 0 Å². The Bertz CT molecular complexity index is 824. The average molecular weight is 354 g/mol. The fourth-order valence-electron chi connectivity index (χ4n) is 2.36. The summed E-state index contributed by atoms with van der Waals surface area (Å²) in [5.41, 5.74) is 2.91. The summed E-state index contributed by atoms with van der Waals surface area (Å²) in [4.78, 5) is 14.2. The minimum Gasteiger partial charge on any atom is -0.347 e. The molecule has 0 unspecified atom stereocenters. The van der Waals surface area contributed by atoms with Crippen molar-refractivity contribution in [2.45, 2.75) is 20.4 Å². The summed E-state index contributed by atoms with van der Waals surface area (Å²) < 4.78 is 0. The lowest BCUT2D eigenvalue weighted by molar-refractivity contribution is -0.117. The Morgan fingerprint density at radius 1 is 1.28 bits per heavy atom. The quantitative estimate of drug-likeness (QED) is 0.625. The molecule has 0 saturated carbocycles. The minimum atomic E-state index is -0.423. The number of anilines is 1. The second-order valence-corrected chi connectivity index (χ2v) is 5.96. The number of aryl methyl sites for hydroxylation is 1. The Labute approximate surface area is 153 Å². The summed E-state index contributed by atoms with van der Waals surface area (Å²) in [6, 6.07) is 17.2. The highest BCUT2D eigenvalue weighted by Gasteiger charge is 2.12. The number of nitrogens with zero attached hydrogens (tertiary/aromatic N) is 2. The Morgan fingerprint density at radius 3 is 2.68 bits per heavy atom. The van der Waals surface area contributed by atoms with Gasteiger partial charge in [0.2, 0.25) is 0 Å². The second-order valence-electron chi connectivity index (χ2n) is 5.55. The normalized spacial score (nSPS) is 10.9. The molecule has 0 fully saturated rings. The van der Waals surface area contributed by atoms with E-state index in [1.165, 1.54) is 0 Å². The predicted octanol–water partition coefficient (Wildman–Crippen LogP) is 4.20. The van der Waals surface area contributed by atoms with Crippen LogP contribution in [0.4, 0.5) is 5.69 Å². The van der Waals surface area contributed by atoms with Crippen molar-refractivity contribution < 1.29 is 4.79 Å². The molecule has 25 heavy (non-hydrogen) atoms. The van der Waals surface area contributed by atoms with Crippen molar-refractivity contribution in [3.05, 3.63) is 76.5 Å². The van der Waals surface area contributed by atoms with Crippen LogP contribution in [0, 0.1) is 18.3 Å². The highest BCUT2D eigenvalue weighted by molar-refractivity contribution is 6.31. The molecule has 0 radical (unpaired) electrons. The van der Waals surface area contributed by atoms with Gasteiger partial charge in [-0.25, -0.2) is 0 Å². The van der Waals surface area contributed by atoms with Gasteiger partial charge in [-0.3, -0.25) is 4.79 Å². The topological polar surface area (TPSA) is 56.1 Å². The summed E-state index contributed by atoms with van der Waals surface area (Å²) in [7, 11) is 0. The first-order chi connectivity index (χ1) is 12.0. The van der Waals surface area contributed by atoms with Crippen molar-refractivity contribution in [3.8, 4) is 6.07 Å². The molecule has 2 rings (SSSR count). The van der Waals surface area contributed by atoms with Crippen LogP contribution in [-0.2, 0) is 11.3 Å². The zero-order chi connectivity index (χ0) is 18.2. The van der Waals surface area contributed by atoms with Gasteiger partial charge in [0.05, 0.1) is 0 Å². The monoisotopic (exact) mass is 353 g/mol. The molecule has 4 nitrogen and oxygen atoms in total. The fourth-order valence-corrected chi connectivity index (χ4v) is 2.56. The first-order valence-corrected chi connectivity index (χ1v) is 8.39. The van der Waals surface area contributed by atoms with E-state index in [0.717, 1.165) is 16.8 Å². The molecular weight excluding hydrogens is 334 g/mol. The summed E-state index contributed by atoms with van der Waals surface area (Å²) >= 11 is 6.08. The number of halogens is 1. The standard InChI is InChI=1S/C20H20ClN3O/c1-3-24(18-9-6-7-15(2)11-18)14-17(12-22)20(25)23-13-16-8-4-5-10-19(16)21/h4-11,14H,3,13H2,1-2H3,(H,23,25)/b17-14-. The van der Waals surface area contributed by atoms with Crippen LogP contribution in [0.5, 0.6) is 0 Å². The van der Waals surface area contributed by atoms with Gasteiger partial charge in [0.15, 0.2) is 0 Å². The lowest BCUT2D eigenvalue weighted by Gasteiger charge is -2.19. The van der Waals surface area contributed by atoms with Gasteiger partial charge in [0.25, 0.3) is 5.91 Å². The molecule has 0 aliphatic rings. The lowest BCUT2D eigenvalue weighted by Crippen LogP contribution is -2.26. The van der Waals surface area contributed by atoms with Crippen LogP contribution in [0.2, 0.25) is 5.02 Å². The van der Waals surface area contributed by atoms with Crippen LogP contribution in [0.15, 0.2) is 60.3 Å². The Hall–Kier alpha value is -2.77. The van der Waals surface area contributed by atoms with Crippen LogP contribution in [0.1, 0.15) is 18.1 Å². The van der Waals surface area contributed by atoms with E-state index >= 15 is 0 Å². The maximum atomic E-state index is 12.3. The zero-order valence-electron chi connectivity index (χ0n) is 14.3. The van der Waals surface area contributed by atoms with Crippen molar-refractivity contribution in [1.29, 1.82) is 5.26 Å². The molecule has 0 aliphatic heterocycles. The number of amides is 1. The molecule has 0 bridgehead atoms. The molecule has 128 valence electrons. The van der Waals surface area contributed by atoms with Crippen LogP contribution in [0.3, 0.4) is 0 Å². The number of hydrogen-bond acceptors (Lipinski definition) is 3. The molecule has 2 aromatic rings. The Kier molecular flexibility index (Phi) is 6.62. The number of hydrogen-bond donors (Lipinski definition) is 1. The Morgan fingerprint density at radius 2 is 2.04 bits per heavy atom. The summed E-state index contributed by atoms with van der Waals surface area (Å²) in [5, 5.41) is 12.7. The molecule has 0 saturated heterocycles. The second kappa shape index (κ2) is 8.91. The first-order valence-electron chi connectivity index (χ1n) is 8.02. The maximum absolute atomic E-state index is 12.3. The van der Waals surface area contributed by atoms with E-state index < -0.39 is 5.91 Å². The number of carbonyl (C=O) groups excluding carboxylic acids is 1. The van der Waals surface area contributed by atoms with Crippen molar-refractivity contribution >= 4 is 23.2 Å². The third kappa shape index (κ3) is 5.10. The summed E-state index contributed by atoms with van der Waals surface area (Å²) in [6.07, 6.45) is 1.58. The number of nitrogens with one attached hydrogen (secondary N) is 1. The van der Waals surface area contributed by atoms with Crippen molar-refractivity contribution in [1.82, 2.24) is 5.32 Å². The van der Waals surface area contributed by atoms with Gasteiger partial charge in [0.1, 0.15) is 11.6 Å². The largest absolute Gasteiger partial charge is 0.347 e. The maximum Gasteiger partial charge on any atom is 0.263 e.